The molecule has 1 aromatic rings. The van der Waals surface area contributed by atoms with Gasteiger partial charge in [-0.1, -0.05) is 18.2 Å². The van der Waals surface area contributed by atoms with Crippen LogP contribution in [0.4, 0.5) is 0 Å². The number of hydrogen-bond donors (Lipinski definition) is 0. The van der Waals surface area contributed by atoms with Crippen molar-refractivity contribution in [2.24, 2.45) is 0 Å². The molecule has 0 heterocycles. The Bertz CT molecular complexity index is 431. The first-order chi connectivity index (χ1) is 8.49. The predicted molar refractivity (Wildman–Crippen MR) is 83.5 cm³/mol. The molecule has 0 aliphatic rings. The van der Waals surface area contributed by atoms with Gasteiger partial charge in [0.2, 0.25) is 0 Å². The molecule has 7 heteroatoms. The third-order valence-corrected chi connectivity index (χ3v) is 8.34. The number of rotatable bonds is 6. The highest BCUT2D eigenvalue weighted by Crippen LogP contribution is 2.53. The van der Waals surface area contributed by atoms with E-state index < -0.39 is 24.5 Å². The van der Waals surface area contributed by atoms with Crippen LogP contribution < -0.4 is 4.52 Å². The second-order valence-electron chi connectivity index (χ2n) is 6.26. The molecule has 0 aromatic heterocycles. The zero-order valence-corrected chi connectivity index (χ0v) is 15.4. The molecule has 0 bridgehead atoms. The summed E-state index contributed by atoms with van der Waals surface area (Å²) in [6.07, 6.45) is 0. The molecule has 0 saturated heterocycles. The van der Waals surface area contributed by atoms with E-state index in [9.17, 15) is 4.57 Å². The second-order valence-corrected chi connectivity index (χ2v) is 17.2. The maximum Gasteiger partial charge on any atom is 0.510 e. The van der Waals surface area contributed by atoms with Crippen LogP contribution in [0.5, 0.6) is 5.75 Å². The Morgan fingerprint density at radius 3 is 1.63 bits per heavy atom. The van der Waals surface area contributed by atoms with Gasteiger partial charge in [-0.15, -0.1) is 0 Å². The van der Waals surface area contributed by atoms with Gasteiger partial charge in [0.05, 0.1) is 0 Å². The molecule has 0 amide bonds. The minimum absolute atomic E-state index is 0.502. The number of phosphoric acid groups is 1. The SMILES string of the molecule is C[Si](C)(C)OP(=O)(Oc1ccccc1)O[Si](C)(C)C. The summed E-state index contributed by atoms with van der Waals surface area (Å²) in [6.45, 7) is 11.8. The number of hydrogen-bond acceptors (Lipinski definition) is 4. The molecule has 108 valence electrons. The second kappa shape index (κ2) is 5.93. The van der Waals surface area contributed by atoms with Crippen molar-refractivity contribution in [3.05, 3.63) is 30.3 Å². The van der Waals surface area contributed by atoms with Crippen molar-refractivity contribution in [3.63, 3.8) is 0 Å². The molecule has 19 heavy (non-hydrogen) atoms. The van der Waals surface area contributed by atoms with E-state index in [1.54, 1.807) is 12.1 Å². The molecule has 1 rings (SSSR count). The van der Waals surface area contributed by atoms with E-state index in [0.717, 1.165) is 0 Å². The molecular formula is C12H23O4PSi2. The highest BCUT2D eigenvalue weighted by Gasteiger charge is 2.39. The molecule has 0 unspecified atom stereocenters. The lowest BCUT2D eigenvalue weighted by Gasteiger charge is -2.29. The molecule has 0 atom stereocenters. The highest BCUT2D eigenvalue weighted by molar-refractivity contribution is 7.52. The lowest BCUT2D eigenvalue weighted by molar-refractivity contribution is 0.294. The van der Waals surface area contributed by atoms with E-state index in [1.807, 2.05) is 57.5 Å². The van der Waals surface area contributed by atoms with Gasteiger partial charge < -0.3 is 12.9 Å². The van der Waals surface area contributed by atoms with Crippen LogP contribution >= 0.6 is 7.82 Å². The summed E-state index contributed by atoms with van der Waals surface area (Å²) in [5.41, 5.74) is 0. The topological polar surface area (TPSA) is 44.8 Å². The Labute approximate surface area is 118 Å². The normalized spacial score (nSPS) is 13.4. The van der Waals surface area contributed by atoms with E-state index in [-0.39, 0.29) is 0 Å². The van der Waals surface area contributed by atoms with Gasteiger partial charge in [-0.05, 0) is 51.4 Å². The smallest absolute Gasteiger partial charge is 0.405 e. The van der Waals surface area contributed by atoms with Gasteiger partial charge in [-0.2, -0.15) is 0 Å². The largest absolute Gasteiger partial charge is 0.510 e. The summed E-state index contributed by atoms with van der Waals surface area (Å²) in [5.74, 6) is 0.502. The van der Waals surface area contributed by atoms with Crippen LogP contribution in [0.25, 0.3) is 0 Å². The van der Waals surface area contributed by atoms with Gasteiger partial charge in [0.1, 0.15) is 5.75 Å². The zero-order chi connectivity index (χ0) is 14.7. The van der Waals surface area contributed by atoms with Gasteiger partial charge in [-0.3, -0.25) is 0 Å². The zero-order valence-electron chi connectivity index (χ0n) is 12.5. The molecule has 0 spiro atoms. The number of para-hydroxylation sites is 1. The van der Waals surface area contributed by atoms with Crippen molar-refractivity contribution in [3.8, 4) is 5.75 Å². The van der Waals surface area contributed by atoms with Crippen LogP contribution in [-0.2, 0) is 13.0 Å². The molecule has 0 N–H and O–H groups in total. The lowest BCUT2D eigenvalue weighted by Crippen LogP contribution is -2.31. The third kappa shape index (κ3) is 7.08. The highest BCUT2D eigenvalue weighted by atomic mass is 31.2. The fourth-order valence-corrected chi connectivity index (χ4v) is 7.87. The minimum atomic E-state index is -3.56. The Morgan fingerprint density at radius 2 is 1.26 bits per heavy atom. The Kier molecular flexibility index (Phi) is 5.20. The van der Waals surface area contributed by atoms with Crippen LogP contribution in [0.1, 0.15) is 0 Å². The van der Waals surface area contributed by atoms with Crippen LogP contribution in [-0.4, -0.2) is 16.6 Å². The van der Waals surface area contributed by atoms with Crippen LogP contribution in [0.15, 0.2) is 30.3 Å². The average Bonchev–Trinajstić information content (AvgIpc) is 2.11. The van der Waals surface area contributed by atoms with Crippen molar-refractivity contribution < 1.29 is 17.5 Å². The first kappa shape index (κ1) is 16.7. The molecule has 0 fully saturated rings. The van der Waals surface area contributed by atoms with Crippen LogP contribution in [0.2, 0.25) is 39.3 Å². The van der Waals surface area contributed by atoms with Gasteiger partial charge >= 0.3 is 7.82 Å². The van der Waals surface area contributed by atoms with E-state index in [2.05, 4.69) is 0 Å². The van der Waals surface area contributed by atoms with E-state index in [4.69, 9.17) is 12.9 Å². The van der Waals surface area contributed by atoms with Crippen molar-refractivity contribution >= 4 is 24.5 Å². The molecule has 0 aliphatic heterocycles. The first-order valence-corrected chi connectivity index (χ1v) is 14.5. The van der Waals surface area contributed by atoms with E-state index in [0.29, 0.717) is 5.75 Å². The molecule has 0 aliphatic carbocycles. The fourth-order valence-electron chi connectivity index (χ4n) is 1.34. The van der Waals surface area contributed by atoms with Crippen molar-refractivity contribution in [1.82, 2.24) is 0 Å². The van der Waals surface area contributed by atoms with Crippen LogP contribution in [0, 0.1) is 0 Å². The molecular weight excluding hydrogens is 295 g/mol. The summed E-state index contributed by atoms with van der Waals surface area (Å²) in [6, 6.07) is 9.00. The van der Waals surface area contributed by atoms with Gasteiger partial charge in [0, 0.05) is 0 Å². The minimum Gasteiger partial charge on any atom is -0.405 e. The summed E-state index contributed by atoms with van der Waals surface area (Å²) < 4.78 is 29.7. The van der Waals surface area contributed by atoms with Gasteiger partial charge in [0.15, 0.2) is 16.6 Å². The maximum absolute atomic E-state index is 12.8. The van der Waals surface area contributed by atoms with E-state index >= 15 is 0 Å². The van der Waals surface area contributed by atoms with E-state index in [1.165, 1.54) is 0 Å². The fraction of sp³-hybridized carbons (Fsp3) is 0.500. The third-order valence-electron chi connectivity index (χ3n) is 1.73. The Hall–Kier alpha value is -0.396. The summed E-state index contributed by atoms with van der Waals surface area (Å²) in [7, 11) is -7.64. The number of benzene rings is 1. The van der Waals surface area contributed by atoms with Crippen molar-refractivity contribution in [2.75, 3.05) is 0 Å². The monoisotopic (exact) mass is 318 g/mol. The standard InChI is InChI=1S/C12H23O4PSi2/c1-18(2,3)15-17(13,16-19(4,5)6)14-12-10-8-7-9-11-12/h7-11H,1-6H3. The summed E-state index contributed by atoms with van der Waals surface area (Å²) in [5, 5.41) is 0. The van der Waals surface area contributed by atoms with Gasteiger partial charge in [-0.25, -0.2) is 4.57 Å². The predicted octanol–water partition coefficient (Wildman–Crippen LogP) is 4.88. The Balaban J connectivity index is 2.96. The lowest BCUT2D eigenvalue weighted by atomic mass is 10.3. The molecule has 4 nitrogen and oxygen atoms in total. The first-order valence-electron chi connectivity index (χ1n) is 6.25. The van der Waals surface area contributed by atoms with Crippen LogP contribution in [0.3, 0.4) is 0 Å². The molecule has 0 radical (unpaired) electrons. The summed E-state index contributed by atoms with van der Waals surface area (Å²) in [4.78, 5) is 0. The Morgan fingerprint density at radius 1 is 0.842 bits per heavy atom. The van der Waals surface area contributed by atoms with Crippen molar-refractivity contribution in [2.45, 2.75) is 39.3 Å². The molecule has 1 aromatic carbocycles. The summed E-state index contributed by atoms with van der Waals surface area (Å²) >= 11 is 0. The molecule has 0 saturated carbocycles. The average molecular weight is 318 g/mol. The van der Waals surface area contributed by atoms with Crippen molar-refractivity contribution in [1.29, 1.82) is 0 Å². The quantitative estimate of drug-likeness (QED) is 0.554. The van der Waals surface area contributed by atoms with Gasteiger partial charge in [0.25, 0.3) is 0 Å². The maximum atomic E-state index is 12.8.